The average molecular weight is 416 g/mol. The lowest BCUT2D eigenvalue weighted by molar-refractivity contribution is 0.182. The van der Waals surface area contributed by atoms with Gasteiger partial charge in [-0.1, -0.05) is 41.6 Å². The molecule has 2 amide bonds. The van der Waals surface area contributed by atoms with Crippen molar-refractivity contribution in [3.8, 4) is 17.1 Å². The quantitative estimate of drug-likeness (QED) is 0.459. The predicted molar refractivity (Wildman–Crippen MR) is 120 cm³/mol. The number of nitrogens with zero attached hydrogens (tertiary/aromatic N) is 3. The van der Waals surface area contributed by atoms with Gasteiger partial charge in [-0.2, -0.15) is 4.98 Å². The second-order valence-electron chi connectivity index (χ2n) is 7.42. The molecule has 0 radical (unpaired) electrons. The number of fused-ring (bicyclic) bond motifs is 1. The summed E-state index contributed by atoms with van der Waals surface area (Å²) in [5.74, 6) is 1.59. The molecule has 0 atom stereocenters. The summed E-state index contributed by atoms with van der Waals surface area (Å²) in [4.78, 5) is 19.2. The standard InChI is InChI=1S/C24H24N4O3/c1-16(2)28(24(29)25-21-10-6-8-17-7-4-5-9-20(17)21)15-22-26-23(27-31-22)18-11-13-19(30-3)14-12-18/h4-14,16H,15H2,1-3H3,(H,25,29). The van der Waals surface area contributed by atoms with Crippen LogP contribution in [0.25, 0.3) is 22.2 Å². The van der Waals surface area contributed by atoms with Crippen molar-refractivity contribution in [2.75, 3.05) is 12.4 Å². The van der Waals surface area contributed by atoms with Crippen LogP contribution in [0.5, 0.6) is 5.75 Å². The molecule has 7 heteroatoms. The summed E-state index contributed by atoms with van der Waals surface area (Å²) < 4.78 is 10.6. The summed E-state index contributed by atoms with van der Waals surface area (Å²) in [7, 11) is 1.62. The van der Waals surface area contributed by atoms with Crippen LogP contribution in [0.1, 0.15) is 19.7 Å². The molecule has 0 saturated carbocycles. The Balaban J connectivity index is 1.51. The van der Waals surface area contributed by atoms with E-state index < -0.39 is 0 Å². The van der Waals surface area contributed by atoms with E-state index in [9.17, 15) is 4.79 Å². The molecule has 0 fully saturated rings. The van der Waals surface area contributed by atoms with E-state index in [1.807, 2.05) is 80.6 Å². The Morgan fingerprint density at radius 2 is 1.81 bits per heavy atom. The van der Waals surface area contributed by atoms with Crippen molar-refractivity contribution in [3.63, 3.8) is 0 Å². The van der Waals surface area contributed by atoms with Crippen molar-refractivity contribution < 1.29 is 14.1 Å². The molecule has 0 saturated heterocycles. The average Bonchev–Trinajstić information content (AvgIpc) is 3.26. The molecular formula is C24H24N4O3. The van der Waals surface area contributed by atoms with Gasteiger partial charge in [-0.3, -0.25) is 0 Å². The number of nitrogens with one attached hydrogen (secondary N) is 1. The van der Waals surface area contributed by atoms with Crippen molar-refractivity contribution in [3.05, 3.63) is 72.6 Å². The number of hydrogen-bond acceptors (Lipinski definition) is 5. The number of ether oxygens (including phenoxy) is 1. The first kappa shape index (κ1) is 20.4. The van der Waals surface area contributed by atoms with Crippen molar-refractivity contribution >= 4 is 22.5 Å². The zero-order chi connectivity index (χ0) is 21.8. The number of hydrogen-bond donors (Lipinski definition) is 1. The summed E-state index contributed by atoms with van der Waals surface area (Å²) in [5.41, 5.74) is 1.57. The minimum absolute atomic E-state index is 0.0636. The first-order chi connectivity index (χ1) is 15.0. The lowest BCUT2D eigenvalue weighted by atomic mass is 10.1. The number of aromatic nitrogens is 2. The first-order valence-electron chi connectivity index (χ1n) is 10.1. The summed E-state index contributed by atoms with van der Waals surface area (Å²) in [6.07, 6.45) is 0. The minimum Gasteiger partial charge on any atom is -0.497 e. The van der Waals surface area contributed by atoms with Gasteiger partial charge in [0, 0.05) is 17.0 Å². The van der Waals surface area contributed by atoms with Gasteiger partial charge in [-0.25, -0.2) is 4.79 Å². The van der Waals surface area contributed by atoms with Crippen LogP contribution in [0.3, 0.4) is 0 Å². The Bertz CT molecular complexity index is 1180. The second kappa shape index (κ2) is 8.87. The van der Waals surface area contributed by atoms with Crippen LogP contribution >= 0.6 is 0 Å². The summed E-state index contributed by atoms with van der Waals surface area (Å²) in [6, 6.07) is 20.9. The smallest absolute Gasteiger partial charge is 0.322 e. The van der Waals surface area contributed by atoms with E-state index in [1.165, 1.54) is 0 Å². The highest BCUT2D eigenvalue weighted by Crippen LogP contribution is 2.24. The van der Waals surface area contributed by atoms with Gasteiger partial charge in [0.15, 0.2) is 0 Å². The molecule has 7 nitrogen and oxygen atoms in total. The van der Waals surface area contributed by atoms with Gasteiger partial charge in [-0.15, -0.1) is 0 Å². The Hall–Kier alpha value is -3.87. The maximum atomic E-state index is 13.1. The van der Waals surface area contributed by atoms with Crippen LogP contribution in [0.2, 0.25) is 0 Å². The fourth-order valence-electron chi connectivity index (χ4n) is 3.33. The lowest BCUT2D eigenvalue weighted by Gasteiger charge is -2.25. The molecule has 1 N–H and O–H groups in total. The number of amides is 2. The maximum Gasteiger partial charge on any atom is 0.322 e. The van der Waals surface area contributed by atoms with Crippen molar-refractivity contribution in [2.24, 2.45) is 0 Å². The summed E-state index contributed by atoms with van der Waals surface area (Å²) in [5, 5.41) is 9.13. The van der Waals surface area contributed by atoms with Crippen LogP contribution in [-0.4, -0.2) is 34.2 Å². The third-order valence-corrected chi connectivity index (χ3v) is 5.04. The highest BCUT2D eigenvalue weighted by Gasteiger charge is 2.21. The van der Waals surface area contributed by atoms with Crippen molar-refractivity contribution in [1.29, 1.82) is 0 Å². The number of benzene rings is 3. The lowest BCUT2D eigenvalue weighted by Crippen LogP contribution is -2.39. The molecular weight excluding hydrogens is 392 g/mol. The number of carbonyl (C=O) groups is 1. The van der Waals surface area contributed by atoms with Gasteiger partial charge in [-0.05, 0) is 49.6 Å². The van der Waals surface area contributed by atoms with Gasteiger partial charge in [0.2, 0.25) is 11.7 Å². The Labute approximate surface area is 180 Å². The summed E-state index contributed by atoms with van der Waals surface area (Å²) in [6.45, 7) is 4.10. The zero-order valence-electron chi connectivity index (χ0n) is 17.7. The molecule has 158 valence electrons. The minimum atomic E-state index is -0.226. The molecule has 0 aliphatic carbocycles. The van der Waals surface area contributed by atoms with Crippen LogP contribution in [0.4, 0.5) is 10.5 Å². The number of urea groups is 1. The third kappa shape index (κ3) is 4.50. The Morgan fingerprint density at radius 3 is 2.55 bits per heavy atom. The van der Waals surface area contributed by atoms with E-state index in [2.05, 4.69) is 15.5 Å². The van der Waals surface area contributed by atoms with E-state index >= 15 is 0 Å². The highest BCUT2D eigenvalue weighted by molar-refractivity contribution is 6.01. The van der Waals surface area contributed by atoms with E-state index in [1.54, 1.807) is 12.0 Å². The third-order valence-electron chi connectivity index (χ3n) is 5.04. The molecule has 31 heavy (non-hydrogen) atoms. The molecule has 0 unspecified atom stereocenters. The van der Waals surface area contributed by atoms with E-state index in [4.69, 9.17) is 9.26 Å². The molecule has 4 aromatic rings. The summed E-state index contributed by atoms with van der Waals surface area (Å²) >= 11 is 0. The molecule has 0 aliphatic heterocycles. The van der Waals surface area contributed by atoms with Crippen LogP contribution in [0.15, 0.2) is 71.3 Å². The normalized spacial score (nSPS) is 11.0. The molecule has 4 rings (SSSR count). The molecule has 0 spiro atoms. The van der Waals surface area contributed by atoms with Crippen LogP contribution in [0, 0.1) is 0 Å². The van der Waals surface area contributed by atoms with E-state index in [0.717, 1.165) is 27.8 Å². The Morgan fingerprint density at radius 1 is 1.06 bits per heavy atom. The number of methoxy groups -OCH3 is 1. The van der Waals surface area contributed by atoms with Gasteiger partial charge in [0.25, 0.3) is 0 Å². The maximum absolute atomic E-state index is 13.1. The molecule has 1 aromatic heterocycles. The molecule has 0 bridgehead atoms. The monoisotopic (exact) mass is 416 g/mol. The number of carbonyl (C=O) groups excluding carboxylic acids is 1. The first-order valence-corrected chi connectivity index (χ1v) is 10.1. The molecule has 3 aromatic carbocycles. The number of rotatable bonds is 6. The fraction of sp³-hybridized carbons (Fsp3) is 0.208. The molecule has 1 heterocycles. The Kier molecular flexibility index (Phi) is 5.84. The second-order valence-corrected chi connectivity index (χ2v) is 7.42. The number of anilines is 1. The fourth-order valence-corrected chi connectivity index (χ4v) is 3.33. The SMILES string of the molecule is COc1ccc(-c2noc(CN(C(=O)Nc3cccc4ccccc34)C(C)C)n2)cc1. The van der Waals surface area contributed by atoms with E-state index in [-0.39, 0.29) is 18.6 Å². The topological polar surface area (TPSA) is 80.5 Å². The van der Waals surface area contributed by atoms with Gasteiger partial charge < -0.3 is 19.5 Å². The van der Waals surface area contributed by atoms with Crippen LogP contribution < -0.4 is 10.1 Å². The highest BCUT2D eigenvalue weighted by atomic mass is 16.5. The van der Waals surface area contributed by atoms with Crippen molar-refractivity contribution in [1.82, 2.24) is 15.0 Å². The van der Waals surface area contributed by atoms with Crippen LogP contribution in [-0.2, 0) is 6.54 Å². The predicted octanol–water partition coefficient (Wildman–Crippen LogP) is 5.34. The van der Waals surface area contributed by atoms with E-state index in [0.29, 0.717) is 11.7 Å². The van der Waals surface area contributed by atoms with Crippen molar-refractivity contribution in [2.45, 2.75) is 26.4 Å². The molecule has 0 aliphatic rings. The van der Waals surface area contributed by atoms with Gasteiger partial charge in [0.05, 0.1) is 12.8 Å². The van der Waals surface area contributed by atoms with Gasteiger partial charge in [0.1, 0.15) is 12.3 Å². The largest absolute Gasteiger partial charge is 0.497 e. The van der Waals surface area contributed by atoms with Gasteiger partial charge >= 0.3 is 6.03 Å². The zero-order valence-corrected chi connectivity index (χ0v) is 17.7.